The predicted molar refractivity (Wildman–Crippen MR) is 71.1 cm³/mol. The molecule has 1 aromatic carbocycles. The maximum absolute atomic E-state index is 12.2. The van der Waals surface area contributed by atoms with E-state index in [1.807, 2.05) is 0 Å². The smallest absolute Gasteiger partial charge is 0.252 e. The minimum Gasteiger partial charge on any atom is -0.508 e. The molecule has 4 nitrogen and oxygen atoms in total. The van der Waals surface area contributed by atoms with Gasteiger partial charge in [0.2, 0.25) is 0 Å². The summed E-state index contributed by atoms with van der Waals surface area (Å²) in [6.45, 7) is 0.278. The van der Waals surface area contributed by atoms with Crippen LogP contribution in [0.1, 0.15) is 5.56 Å². The molecule has 6 heteroatoms. The maximum atomic E-state index is 12.2. The summed E-state index contributed by atoms with van der Waals surface area (Å²) < 4.78 is 25.9. The highest BCUT2D eigenvalue weighted by Gasteiger charge is 2.21. The zero-order chi connectivity index (χ0) is 13.2. The maximum Gasteiger partial charge on any atom is 0.252 e. The number of aromatic hydroxyl groups is 1. The van der Waals surface area contributed by atoms with Crippen molar-refractivity contribution in [3.8, 4) is 5.75 Å². The van der Waals surface area contributed by atoms with E-state index in [1.54, 1.807) is 48.8 Å². The molecule has 0 aliphatic carbocycles. The second-order valence-electron chi connectivity index (χ2n) is 3.86. The molecular formula is C12H13NO3S2. The van der Waals surface area contributed by atoms with Crippen LogP contribution < -0.4 is 0 Å². The minimum atomic E-state index is -3.41. The summed E-state index contributed by atoms with van der Waals surface area (Å²) in [5.74, 6) is 0.169. The second-order valence-corrected chi connectivity index (χ2v) is 7.08. The fraction of sp³-hybridized carbons (Fsp3) is 0.167. The summed E-state index contributed by atoms with van der Waals surface area (Å²) in [5, 5.41) is 10.9. The topological polar surface area (TPSA) is 57.6 Å². The van der Waals surface area contributed by atoms with Gasteiger partial charge in [-0.1, -0.05) is 18.2 Å². The van der Waals surface area contributed by atoms with Crippen molar-refractivity contribution in [1.29, 1.82) is 0 Å². The van der Waals surface area contributed by atoms with Gasteiger partial charge >= 0.3 is 0 Å². The Morgan fingerprint density at radius 1 is 1.22 bits per heavy atom. The Labute approximate surface area is 110 Å². The van der Waals surface area contributed by atoms with Gasteiger partial charge in [0.25, 0.3) is 10.0 Å². The number of hydrogen-bond acceptors (Lipinski definition) is 4. The summed E-state index contributed by atoms with van der Waals surface area (Å²) in [6.07, 6.45) is 0. The summed E-state index contributed by atoms with van der Waals surface area (Å²) in [7, 11) is -1.87. The molecule has 0 fully saturated rings. The number of benzene rings is 1. The first-order chi connectivity index (χ1) is 8.50. The largest absolute Gasteiger partial charge is 0.508 e. The number of rotatable bonds is 4. The lowest BCUT2D eigenvalue weighted by Crippen LogP contribution is -2.25. The molecule has 0 amide bonds. The first kappa shape index (κ1) is 13.1. The van der Waals surface area contributed by atoms with Crippen LogP contribution in [0.3, 0.4) is 0 Å². The van der Waals surface area contributed by atoms with Crippen molar-refractivity contribution in [2.75, 3.05) is 7.05 Å². The highest BCUT2D eigenvalue weighted by molar-refractivity contribution is 7.91. The third kappa shape index (κ3) is 2.72. The number of phenolic OH excluding ortho intramolecular Hbond substituents is 1. The van der Waals surface area contributed by atoms with Gasteiger partial charge < -0.3 is 5.11 Å². The average molecular weight is 283 g/mol. The van der Waals surface area contributed by atoms with Crippen LogP contribution in [0, 0.1) is 0 Å². The zero-order valence-corrected chi connectivity index (χ0v) is 11.4. The third-order valence-corrected chi connectivity index (χ3v) is 5.68. The molecule has 1 aromatic heterocycles. The SMILES string of the molecule is CN(Cc1ccc(O)cc1)S(=O)(=O)c1cccs1. The Bertz CT molecular complexity index is 603. The molecule has 2 aromatic rings. The molecule has 0 atom stereocenters. The van der Waals surface area contributed by atoms with Crippen LogP contribution >= 0.6 is 11.3 Å². The van der Waals surface area contributed by atoms with Gasteiger partial charge in [0.05, 0.1) is 0 Å². The second kappa shape index (κ2) is 5.09. The van der Waals surface area contributed by atoms with Crippen LogP contribution in [-0.2, 0) is 16.6 Å². The molecule has 0 bridgehead atoms. The zero-order valence-electron chi connectivity index (χ0n) is 9.78. The van der Waals surface area contributed by atoms with Gasteiger partial charge in [0.1, 0.15) is 9.96 Å². The Morgan fingerprint density at radius 2 is 1.89 bits per heavy atom. The number of thiophene rings is 1. The van der Waals surface area contributed by atoms with Crippen molar-refractivity contribution in [3.05, 3.63) is 47.3 Å². The van der Waals surface area contributed by atoms with Gasteiger partial charge in [-0.15, -0.1) is 11.3 Å². The van der Waals surface area contributed by atoms with Crippen molar-refractivity contribution in [3.63, 3.8) is 0 Å². The van der Waals surface area contributed by atoms with Crippen molar-refractivity contribution in [2.45, 2.75) is 10.8 Å². The molecule has 0 radical (unpaired) electrons. The van der Waals surface area contributed by atoms with E-state index in [2.05, 4.69) is 0 Å². The monoisotopic (exact) mass is 283 g/mol. The highest BCUT2D eigenvalue weighted by atomic mass is 32.2. The normalized spacial score (nSPS) is 11.9. The molecule has 2 rings (SSSR count). The van der Waals surface area contributed by atoms with Crippen LogP contribution in [0.4, 0.5) is 0 Å². The summed E-state index contributed by atoms with van der Waals surface area (Å²) in [6, 6.07) is 9.80. The third-order valence-electron chi connectivity index (χ3n) is 2.50. The summed E-state index contributed by atoms with van der Waals surface area (Å²) in [4.78, 5) is 0. The summed E-state index contributed by atoms with van der Waals surface area (Å²) in [5.41, 5.74) is 0.829. The predicted octanol–water partition coefficient (Wildman–Crippen LogP) is 2.27. The number of phenols is 1. The molecule has 18 heavy (non-hydrogen) atoms. The van der Waals surface area contributed by atoms with Crippen molar-refractivity contribution in [2.24, 2.45) is 0 Å². The quantitative estimate of drug-likeness (QED) is 0.936. The van der Waals surface area contributed by atoms with E-state index >= 15 is 0 Å². The fourth-order valence-corrected chi connectivity index (χ4v) is 3.87. The van der Waals surface area contributed by atoms with Crippen molar-refractivity contribution in [1.82, 2.24) is 4.31 Å². The lowest BCUT2D eigenvalue weighted by molar-refractivity contribution is 0.465. The number of nitrogens with zero attached hydrogens (tertiary/aromatic N) is 1. The van der Waals surface area contributed by atoms with Crippen molar-refractivity contribution < 1.29 is 13.5 Å². The van der Waals surface area contributed by atoms with Gasteiger partial charge in [-0.2, -0.15) is 4.31 Å². The first-order valence-electron chi connectivity index (χ1n) is 5.28. The number of hydrogen-bond donors (Lipinski definition) is 1. The first-order valence-corrected chi connectivity index (χ1v) is 7.60. The minimum absolute atomic E-state index is 0.169. The Balaban J connectivity index is 2.17. The van der Waals surface area contributed by atoms with Crippen LogP contribution in [-0.4, -0.2) is 24.9 Å². The standard InChI is InChI=1S/C12H13NO3S2/c1-13(9-10-4-6-11(14)7-5-10)18(15,16)12-3-2-8-17-12/h2-8,14H,9H2,1H3. The lowest BCUT2D eigenvalue weighted by atomic mass is 10.2. The van der Waals surface area contributed by atoms with E-state index < -0.39 is 10.0 Å². The summed E-state index contributed by atoms with van der Waals surface area (Å²) >= 11 is 1.20. The van der Waals surface area contributed by atoms with Gasteiger partial charge in [-0.05, 0) is 29.1 Å². The molecule has 0 aliphatic heterocycles. The fourth-order valence-electron chi connectivity index (χ4n) is 1.51. The molecule has 0 aliphatic rings. The van der Waals surface area contributed by atoms with Gasteiger partial charge in [0, 0.05) is 13.6 Å². The molecule has 1 N–H and O–H groups in total. The Hall–Kier alpha value is -1.37. The number of sulfonamides is 1. The highest BCUT2D eigenvalue weighted by Crippen LogP contribution is 2.21. The van der Waals surface area contributed by atoms with Crippen LogP contribution in [0.2, 0.25) is 0 Å². The average Bonchev–Trinajstić information content (AvgIpc) is 2.86. The van der Waals surface area contributed by atoms with Crippen LogP contribution in [0.5, 0.6) is 5.75 Å². The van der Waals surface area contributed by atoms with E-state index in [-0.39, 0.29) is 12.3 Å². The van der Waals surface area contributed by atoms with Crippen LogP contribution in [0.15, 0.2) is 46.0 Å². The molecular weight excluding hydrogens is 270 g/mol. The molecule has 0 unspecified atom stereocenters. The lowest BCUT2D eigenvalue weighted by Gasteiger charge is -2.16. The van der Waals surface area contributed by atoms with Crippen LogP contribution in [0.25, 0.3) is 0 Å². The van der Waals surface area contributed by atoms with E-state index in [4.69, 9.17) is 0 Å². The Kier molecular flexibility index (Phi) is 3.70. The van der Waals surface area contributed by atoms with Gasteiger partial charge in [-0.3, -0.25) is 0 Å². The van der Waals surface area contributed by atoms with Crippen molar-refractivity contribution >= 4 is 21.4 Å². The molecule has 0 spiro atoms. The van der Waals surface area contributed by atoms with E-state index in [0.29, 0.717) is 4.21 Å². The molecule has 0 saturated heterocycles. The van der Waals surface area contributed by atoms with E-state index in [0.717, 1.165) is 5.56 Å². The molecule has 1 heterocycles. The molecule has 96 valence electrons. The van der Waals surface area contributed by atoms with E-state index in [9.17, 15) is 13.5 Å². The Morgan fingerprint density at radius 3 is 2.44 bits per heavy atom. The van der Waals surface area contributed by atoms with Gasteiger partial charge in [0.15, 0.2) is 0 Å². The molecule has 0 saturated carbocycles. The van der Waals surface area contributed by atoms with Gasteiger partial charge in [-0.25, -0.2) is 8.42 Å². The van der Waals surface area contributed by atoms with E-state index in [1.165, 1.54) is 15.6 Å².